The van der Waals surface area contributed by atoms with Crippen molar-refractivity contribution < 1.29 is 27.5 Å². The van der Waals surface area contributed by atoms with E-state index in [1.165, 1.54) is 63.1 Å². The highest BCUT2D eigenvalue weighted by molar-refractivity contribution is 7.99. The number of hydrogen-bond acceptors (Lipinski definition) is 2. The molecule has 3 rings (SSSR count). The zero-order chi connectivity index (χ0) is 25.4. The van der Waals surface area contributed by atoms with E-state index >= 15 is 4.39 Å². The third-order valence-electron chi connectivity index (χ3n) is 7.11. The summed E-state index contributed by atoms with van der Waals surface area (Å²) in [6.45, 7) is 2.21. The normalized spacial score (nSPS) is 18.2. The molecule has 2 nitrogen and oxygen atoms in total. The van der Waals surface area contributed by atoms with Crippen LogP contribution in [-0.2, 0) is 0 Å². The van der Waals surface area contributed by atoms with Gasteiger partial charge >= 0.3 is 5.97 Å². The smallest absolute Gasteiger partial charge is 0.335 e. The molecule has 1 fully saturated rings. The fourth-order valence-corrected chi connectivity index (χ4v) is 5.84. The van der Waals surface area contributed by atoms with Gasteiger partial charge in [0.25, 0.3) is 5.76 Å². The highest BCUT2D eigenvalue weighted by Gasteiger charge is 2.29. The van der Waals surface area contributed by atoms with E-state index in [-0.39, 0.29) is 28.8 Å². The highest BCUT2D eigenvalue weighted by atomic mass is 32.2. The molecule has 0 radical (unpaired) electrons. The number of carboxylic acids is 1. The van der Waals surface area contributed by atoms with Gasteiger partial charge in [0.1, 0.15) is 0 Å². The van der Waals surface area contributed by atoms with E-state index in [1.807, 2.05) is 0 Å². The largest absolute Gasteiger partial charge is 0.478 e. The Morgan fingerprint density at radius 3 is 2.29 bits per heavy atom. The van der Waals surface area contributed by atoms with Gasteiger partial charge in [-0.25, -0.2) is 13.6 Å². The minimum absolute atomic E-state index is 0.0472. The number of thioether (sulfide) groups is 1. The van der Waals surface area contributed by atoms with Crippen LogP contribution < -0.4 is 0 Å². The molecule has 1 aliphatic carbocycles. The Labute approximate surface area is 209 Å². The van der Waals surface area contributed by atoms with E-state index in [0.29, 0.717) is 17.0 Å². The first kappa shape index (κ1) is 27.6. The zero-order valence-electron chi connectivity index (χ0n) is 20.2. The zero-order valence-corrected chi connectivity index (χ0v) is 21.0. The Kier molecular flexibility index (Phi) is 10.5. The van der Waals surface area contributed by atoms with Crippen LogP contribution in [0.15, 0.2) is 35.2 Å². The number of hydrogen-bond donors (Lipinski definition) is 1. The van der Waals surface area contributed by atoms with Gasteiger partial charge in [0.05, 0.1) is 10.5 Å². The third-order valence-corrected chi connectivity index (χ3v) is 7.86. The Balaban J connectivity index is 1.79. The lowest BCUT2D eigenvalue weighted by atomic mass is 9.74. The summed E-state index contributed by atoms with van der Waals surface area (Å²) >= 11 is -0.0472. The van der Waals surface area contributed by atoms with Gasteiger partial charge in [0, 0.05) is 5.56 Å². The van der Waals surface area contributed by atoms with Crippen LogP contribution in [0.2, 0.25) is 0 Å². The second-order valence-electron chi connectivity index (χ2n) is 9.46. The summed E-state index contributed by atoms with van der Waals surface area (Å²) in [6.07, 6.45) is 12.3. The SMILES string of the molecule is CCCCCCCCC1CCC(c2c(C(=O)O)cccc2-c2ccc(SC(F)F)c(F)c2F)CC1. The van der Waals surface area contributed by atoms with Crippen LogP contribution >= 0.6 is 11.8 Å². The summed E-state index contributed by atoms with van der Waals surface area (Å²) in [5, 5.41) is 9.84. The van der Waals surface area contributed by atoms with Crippen LogP contribution in [0.1, 0.15) is 99.4 Å². The Morgan fingerprint density at radius 2 is 1.63 bits per heavy atom. The molecule has 0 atom stereocenters. The maximum absolute atomic E-state index is 15.0. The third kappa shape index (κ3) is 7.25. The first-order valence-electron chi connectivity index (χ1n) is 12.6. The average molecular weight is 511 g/mol. The molecule has 2 aromatic rings. The van der Waals surface area contributed by atoms with Gasteiger partial charge in [0.2, 0.25) is 0 Å². The monoisotopic (exact) mass is 510 g/mol. The standard InChI is InChI=1S/C28H34F4O2S/c1-2-3-4-5-6-7-9-18-12-14-19(15-13-18)24-20(10-8-11-22(24)27(33)34)21-16-17-23(35-28(31)32)26(30)25(21)29/h8,10-11,16-19,28H,2-7,9,12-15H2,1H3,(H,33,34). The molecule has 2 aromatic carbocycles. The number of alkyl halides is 2. The van der Waals surface area contributed by atoms with Crippen molar-refractivity contribution in [1.82, 2.24) is 0 Å². The summed E-state index contributed by atoms with van der Waals surface area (Å²) in [6, 6.07) is 7.03. The first-order valence-corrected chi connectivity index (χ1v) is 13.5. The molecule has 0 unspecified atom stereocenters. The Bertz CT molecular complexity index is 987. The van der Waals surface area contributed by atoms with Crippen molar-refractivity contribution in [2.45, 2.75) is 94.1 Å². The van der Waals surface area contributed by atoms with Crippen molar-refractivity contribution in [3.8, 4) is 11.1 Å². The van der Waals surface area contributed by atoms with E-state index in [4.69, 9.17) is 0 Å². The summed E-state index contributed by atoms with van der Waals surface area (Å²) in [5.41, 5.74) is 0.848. The number of benzene rings is 2. The van der Waals surface area contributed by atoms with Gasteiger partial charge in [-0.2, -0.15) is 8.78 Å². The summed E-state index contributed by atoms with van der Waals surface area (Å²) in [7, 11) is 0. The fourth-order valence-electron chi connectivity index (χ4n) is 5.31. The molecule has 0 heterocycles. The van der Waals surface area contributed by atoms with Crippen LogP contribution in [0.5, 0.6) is 0 Å². The average Bonchev–Trinajstić information content (AvgIpc) is 2.84. The van der Waals surface area contributed by atoms with Crippen molar-refractivity contribution in [1.29, 1.82) is 0 Å². The minimum atomic E-state index is -2.87. The van der Waals surface area contributed by atoms with E-state index in [9.17, 15) is 23.1 Å². The minimum Gasteiger partial charge on any atom is -0.478 e. The lowest BCUT2D eigenvalue weighted by Crippen LogP contribution is -2.17. The highest BCUT2D eigenvalue weighted by Crippen LogP contribution is 2.44. The second-order valence-corrected chi connectivity index (χ2v) is 10.5. The summed E-state index contributed by atoms with van der Waals surface area (Å²) < 4.78 is 55.0. The number of carboxylic acid groups (broad SMARTS) is 1. The molecule has 7 heteroatoms. The summed E-state index contributed by atoms with van der Waals surface area (Å²) in [4.78, 5) is 11.6. The van der Waals surface area contributed by atoms with Crippen molar-refractivity contribution in [2.75, 3.05) is 0 Å². The molecule has 1 aliphatic rings. The van der Waals surface area contributed by atoms with E-state index < -0.39 is 28.3 Å². The molecule has 0 spiro atoms. The Morgan fingerprint density at radius 1 is 0.943 bits per heavy atom. The maximum Gasteiger partial charge on any atom is 0.335 e. The number of rotatable bonds is 12. The molecule has 0 aliphatic heterocycles. The van der Waals surface area contributed by atoms with E-state index in [2.05, 4.69) is 6.92 Å². The quantitative estimate of drug-likeness (QED) is 0.175. The molecule has 0 aromatic heterocycles. The molecular weight excluding hydrogens is 476 g/mol. The van der Waals surface area contributed by atoms with E-state index in [1.54, 1.807) is 6.07 Å². The van der Waals surface area contributed by atoms with Crippen LogP contribution in [0.3, 0.4) is 0 Å². The second kappa shape index (κ2) is 13.3. The van der Waals surface area contributed by atoms with Gasteiger partial charge in [-0.1, -0.05) is 81.8 Å². The molecule has 1 saturated carbocycles. The molecule has 0 amide bonds. The molecule has 1 N–H and O–H groups in total. The molecule has 192 valence electrons. The number of carbonyl (C=O) groups is 1. The van der Waals surface area contributed by atoms with Gasteiger partial charge in [0.15, 0.2) is 11.6 Å². The number of halogens is 4. The van der Waals surface area contributed by atoms with Gasteiger partial charge in [-0.15, -0.1) is 0 Å². The van der Waals surface area contributed by atoms with Gasteiger partial charge in [-0.05, 0) is 60.8 Å². The lowest BCUT2D eigenvalue weighted by Gasteiger charge is -2.31. The predicted octanol–water partition coefficient (Wildman–Crippen LogP) is 9.67. The molecule has 0 saturated heterocycles. The molecule has 35 heavy (non-hydrogen) atoms. The first-order chi connectivity index (χ1) is 16.8. The van der Waals surface area contributed by atoms with Crippen LogP contribution in [0, 0.1) is 17.6 Å². The van der Waals surface area contributed by atoms with Gasteiger partial charge in [-0.3, -0.25) is 0 Å². The summed E-state index contributed by atoms with van der Waals surface area (Å²) in [5.74, 6) is -6.00. The van der Waals surface area contributed by atoms with Crippen molar-refractivity contribution in [2.24, 2.45) is 5.92 Å². The van der Waals surface area contributed by atoms with E-state index in [0.717, 1.165) is 31.7 Å². The topological polar surface area (TPSA) is 37.3 Å². The van der Waals surface area contributed by atoms with Crippen molar-refractivity contribution >= 4 is 17.7 Å². The van der Waals surface area contributed by atoms with Crippen LogP contribution in [0.4, 0.5) is 17.6 Å². The fraction of sp³-hybridized carbons (Fsp3) is 0.536. The predicted molar refractivity (Wildman–Crippen MR) is 133 cm³/mol. The van der Waals surface area contributed by atoms with Crippen molar-refractivity contribution in [3.05, 3.63) is 53.1 Å². The molecular formula is C28H34F4O2S. The van der Waals surface area contributed by atoms with Crippen molar-refractivity contribution in [3.63, 3.8) is 0 Å². The van der Waals surface area contributed by atoms with Crippen LogP contribution in [0.25, 0.3) is 11.1 Å². The Hall–Kier alpha value is -2.02. The molecule has 0 bridgehead atoms. The van der Waals surface area contributed by atoms with Crippen LogP contribution in [-0.4, -0.2) is 16.8 Å². The lowest BCUT2D eigenvalue weighted by molar-refractivity contribution is 0.0694. The maximum atomic E-state index is 15.0. The number of unbranched alkanes of at least 4 members (excludes halogenated alkanes) is 5. The number of aromatic carboxylic acids is 1. The van der Waals surface area contributed by atoms with Gasteiger partial charge < -0.3 is 5.11 Å².